The monoisotopic (exact) mass is 457 g/mol. The van der Waals surface area contributed by atoms with Crippen molar-refractivity contribution in [2.24, 2.45) is 0 Å². The van der Waals surface area contributed by atoms with E-state index in [0.717, 1.165) is 32.5 Å². The summed E-state index contributed by atoms with van der Waals surface area (Å²) >= 11 is 0. The molecule has 0 aromatic heterocycles. The number of carbonyl (C=O) groups is 1. The number of sulfonamides is 1. The van der Waals surface area contributed by atoms with Gasteiger partial charge in [0, 0.05) is 51.4 Å². The first-order valence-electron chi connectivity index (χ1n) is 11.2. The molecule has 1 N–H and O–H groups in total. The topological polar surface area (TPSA) is 79.0 Å². The van der Waals surface area contributed by atoms with Gasteiger partial charge in [0.15, 0.2) is 0 Å². The molecule has 0 saturated carbocycles. The Bertz CT molecular complexity index is 1040. The number of piperazine rings is 1. The SMILES string of the molecule is Cc1ccccc1CN1CCN(C(=O)c2cccc(S(=O)(=O)NC[C@H]3CCCO3)c2)CC1. The third-order valence-corrected chi connectivity index (χ3v) is 7.65. The van der Waals surface area contributed by atoms with Gasteiger partial charge in [-0.15, -0.1) is 0 Å². The second-order valence-corrected chi connectivity index (χ2v) is 10.3. The Kier molecular flexibility index (Phi) is 7.25. The first kappa shape index (κ1) is 22.9. The van der Waals surface area contributed by atoms with Crippen LogP contribution < -0.4 is 4.72 Å². The number of hydrogen-bond acceptors (Lipinski definition) is 5. The highest BCUT2D eigenvalue weighted by atomic mass is 32.2. The molecule has 0 bridgehead atoms. The molecule has 1 atom stereocenters. The Labute approximate surface area is 190 Å². The summed E-state index contributed by atoms with van der Waals surface area (Å²) in [6, 6.07) is 14.7. The Hall–Kier alpha value is -2.26. The Morgan fingerprint density at radius 3 is 2.59 bits per heavy atom. The van der Waals surface area contributed by atoms with Crippen molar-refractivity contribution >= 4 is 15.9 Å². The van der Waals surface area contributed by atoms with E-state index in [0.29, 0.717) is 25.3 Å². The van der Waals surface area contributed by atoms with Crippen LogP contribution >= 0.6 is 0 Å². The zero-order valence-electron chi connectivity index (χ0n) is 18.5. The number of rotatable bonds is 7. The number of carbonyl (C=O) groups excluding carboxylic acids is 1. The van der Waals surface area contributed by atoms with Gasteiger partial charge in [0.25, 0.3) is 5.91 Å². The van der Waals surface area contributed by atoms with Crippen molar-refractivity contribution in [2.45, 2.75) is 37.3 Å². The lowest BCUT2D eigenvalue weighted by atomic mass is 10.1. The van der Waals surface area contributed by atoms with Crippen LogP contribution in [-0.4, -0.2) is 69.6 Å². The molecule has 172 valence electrons. The molecule has 0 spiro atoms. The van der Waals surface area contributed by atoms with E-state index in [1.54, 1.807) is 17.0 Å². The molecular formula is C24H31N3O4S. The maximum absolute atomic E-state index is 13.0. The van der Waals surface area contributed by atoms with Crippen molar-refractivity contribution in [1.29, 1.82) is 0 Å². The van der Waals surface area contributed by atoms with Crippen LogP contribution in [0.1, 0.15) is 34.3 Å². The van der Waals surface area contributed by atoms with Gasteiger partial charge in [-0.25, -0.2) is 13.1 Å². The third kappa shape index (κ3) is 5.56. The lowest BCUT2D eigenvalue weighted by Crippen LogP contribution is -2.48. The number of nitrogens with zero attached hydrogens (tertiary/aromatic N) is 2. The zero-order chi connectivity index (χ0) is 22.6. The summed E-state index contributed by atoms with van der Waals surface area (Å²) in [5.41, 5.74) is 2.98. The summed E-state index contributed by atoms with van der Waals surface area (Å²) in [5.74, 6) is -0.128. The molecule has 2 aromatic rings. The highest BCUT2D eigenvalue weighted by Gasteiger charge is 2.25. The lowest BCUT2D eigenvalue weighted by Gasteiger charge is -2.35. The van der Waals surface area contributed by atoms with E-state index in [1.807, 2.05) is 6.07 Å². The lowest BCUT2D eigenvalue weighted by molar-refractivity contribution is 0.0628. The summed E-state index contributed by atoms with van der Waals surface area (Å²) in [7, 11) is -3.69. The number of amides is 1. The standard InChI is InChI=1S/C24H31N3O4S/c1-19-6-2-3-7-21(19)18-26-11-13-27(14-12-26)24(28)20-8-4-10-23(16-20)32(29,30)25-17-22-9-5-15-31-22/h2-4,6-8,10,16,22,25H,5,9,11-15,17-18H2,1H3/t22-/m1/s1. The molecule has 2 aliphatic rings. The van der Waals surface area contributed by atoms with E-state index >= 15 is 0 Å². The summed E-state index contributed by atoms with van der Waals surface area (Å²) in [4.78, 5) is 17.3. The van der Waals surface area contributed by atoms with Crippen LogP contribution in [0.3, 0.4) is 0 Å². The minimum atomic E-state index is -3.69. The number of ether oxygens (including phenoxy) is 1. The van der Waals surface area contributed by atoms with Crippen molar-refractivity contribution < 1.29 is 17.9 Å². The minimum Gasteiger partial charge on any atom is -0.377 e. The predicted octanol–water partition coefficient (Wildman–Crippen LogP) is 2.41. The van der Waals surface area contributed by atoms with Crippen LogP contribution in [0.4, 0.5) is 0 Å². The molecule has 4 rings (SSSR count). The summed E-state index contributed by atoms with van der Waals surface area (Å²) in [5, 5.41) is 0. The molecule has 0 radical (unpaired) electrons. The first-order chi connectivity index (χ1) is 15.4. The van der Waals surface area contributed by atoms with Crippen molar-refractivity contribution in [1.82, 2.24) is 14.5 Å². The van der Waals surface area contributed by atoms with Crippen molar-refractivity contribution in [2.75, 3.05) is 39.3 Å². The van der Waals surface area contributed by atoms with Crippen LogP contribution in [0.5, 0.6) is 0 Å². The fourth-order valence-corrected chi connectivity index (χ4v) is 5.32. The van der Waals surface area contributed by atoms with E-state index in [2.05, 4.69) is 34.7 Å². The largest absolute Gasteiger partial charge is 0.377 e. The van der Waals surface area contributed by atoms with E-state index in [1.165, 1.54) is 23.3 Å². The molecule has 0 aliphatic carbocycles. The quantitative estimate of drug-likeness (QED) is 0.691. The first-order valence-corrected chi connectivity index (χ1v) is 12.7. The van der Waals surface area contributed by atoms with E-state index in [9.17, 15) is 13.2 Å². The molecule has 2 saturated heterocycles. The van der Waals surface area contributed by atoms with Gasteiger partial charge in [0.05, 0.1) is 11.0 Å². The van der Waals surface area contributed by atoms with Gasteiger partial charge in [0.1, 0.15) is 0 Å². The molecular weight excluding hydrogens is 426 g/mol. The predicted molar refractivity (Wildman–Crippen MR) is 123 cm³/mol. The van der Waals surface area contributed by atoms with Gasteiger partial charge in [-0.2, -0.15) is 0 Å². The molecule has 8 heteroatoms. The van der Waals surface area contributed by atoms with Crippen molar-refractivity contribution in [3.63, 3.8) is 0 Å². The summed E-state index contributed by atoms with van der Waals surface area (Å²) < 4.78 is 33.5. The van der Waals surface area contributed by atoms with E-state index in [4.69, 9.17) is 4.74 Å². The number of benzene rings is 2. The van der Waals surface area contributed by atoms with Gasteiger partial charge in [-0.3, -0.25) is 9.69 Å². The second kappa shape index (κ2) is 10.1. The minimum absolute atomic E-state index is 0.0782. The summed E-state index contributed by atoms with van der Waals surface area (Å²) in [6.45, 7) is 6.75. The van der Waals surface area contributed by atoms with Crippen LogP contribution in [0.25, 0.3) is 0 Å². The highest BCUT2D eigenvalue weighted by molar-refractivity contribution is 7.89. The van der Waals surface area contributed by atoms with Gasteiger partial charge in [-0.1, -0.05) is 30.3 Å². The molecule has 2 aliphatic heterocycles. The maximum atomic E-state index is 13.0. The molecule has 7 nitrogen and oxygen atoms in total. The van der Waals surface area contributed by atoms with Crippen molar-refractivity contribution in [3.8, 4) is 0 Å². The van der Waals surface area contributed by atoms with Crippen LogP contribution in [0.2, 0.25) is 0 Å². The van der Waals surface area contributed by atoms with Gasteiger partial charge < -0.3 is 9.64 Å². The van der Waals surface area contributed by atoms with Gasteiger partial charge in [0.2, 0.25) is 10.0 Å². The number of aryl methyl sites for hydroxylation is 1. The Morgan fingerprint density at radius 2 is 1.88 bits per heavy atom. The smallest absolute Gasteiger partial charge is 0.253 e. The fourth-order valence-electron chi connectivity index (χ4n) is 4.21. The molecule has 1 amide bonds. The number of hydrogen-bond donors (Lipinski definition) is 1. The van der Waals surface area contributed by atoms with E-state index < -0.39 is 10.0 Å². The summed E-state index contributed by atoms with van der Waals surface area (Å²) in [6.07, 6.45) is 1.73. The van der Waals surface area contributed by atoms with Crippen molar-refractivity contribution in [3.05, 3.63) is 65.2 Å². The molecule has 2 aromatic carbocycles. The molecule has 32 heavy (non-hydrogen) atoms. The number of nitrogens with one attached hydrogen (secondary N) is 1. The van der Waals surface area contributed by atoms with E-state index in [-0.39, 0.29) is 23.5 Å². The Balaban J connectivity index is 1.35. The molecule has 2 heterocycles. The van der Waals surface area contributed by atoms with Crippen LogP contribution in [-0.2, 0) is 21.3 Å². The van der Waals surface area contributed by atoms with Gasteiger partial charge in [-0.05, 0) is 49.1 Å². The van der Waals surface area contributed by atoms with Crippen LogP contribution in [0, 0.1) is 6.92 Å². The average Bonchev–Trinajstić information content (AvgIpc) is 3.33. The molecule has 0 unspecified atom stereocenters. The average molecular weight is 458 g/mol. The Morgan fingerprint density at radius 1 is 1.09 bits per heavy atom. The zero-order valence-corrected chi connectivity index (χ0v) is 19.3. The maximum Gasteiger partial charge on any atom is 0.253 e. The highest BCUT2D eigenvalue weighted by Crippen LogP contribution is 2.17. The normalized spacial score (nSPS) is 19.9. The van der Waals surface area contributed by atoms with Crippen LogP contribution in [0.15, 0.2) is 53.4 Å². The fraction of sp³-hybridized carbons (Fsp3) is 0.458. The second-order valence-electron chi connectivity index (χ2n) is 8.51. The third-order valence-electron chi connectivity index (χ3n) is 6.23. The molecule has 2 fully saturated rings. The van der Waals surface area contributed by atoms with Gasteiger partial charge >= 0.3 is 0 Å².